The van der Waals surface area contributed by atoms with E-state index in [1.165, 1.54) is 11.1 Å². The highest BCUT2D eigenvalue weighted by Gasteiger charge is 2.35. The fourth-order valence-electron chi connectivity index (χ4n) is 3.22. The quantitative estimate of drug-likeness (QED) is 0.833. The molecule has 0 unspecified atom stereocenters. The van der Waals surface area contributed by atoms with E-state index in [0.29, 0.717) is 0 Å². The Morgan fingerprint density at radius 3 is 1.59 bits per heavy atom. The Morgan fingerprint density at radius 2 is 1.18 bits per heavy atom. The maximum absolute atomic E-state index is 6.12. The Kier molecular flexibility index (Phi) is 4.60. The van der Waals surface area contributed by atoms with Crippen molar-refractivity contribution in [2.75, 3.05) is 0 Å². The van der Waals surface area contributed by atoms with E-state index in [0.717, 1.165) is 19.3 Å². The lowest BCUT2D eigenvalue weighted by Crippen LogP contribution is -2.46. The Balaban J connectivity index is 1.67. The topological polar surface area (TPSA) is 18.5 Å². The van der Waals surface area contributed by atoms with Crippen molar-refractivity contribution in [2.45, 2.75) is 51.1 Å². The van der Waals surface area contributed by atoms with Crippen LogP contribution in [-0.4, -0.2) is 18.0 Å². The van der Waals surface area contributed by atoms with E-state index in [-0.39, 0.29) is 12.2 Å². The Hall–Kier alpha value is -1.64. The van der Waals surface area contributed by atoms with E-state index in [1.807, 2.05) is 13.8 Å². The van der Waals surface area contributed by atoms with Crippen molar-refractivity contribution in [3.8, 4) is 0 Å². The van der Waals surface area contributed by atoms with Crippen LogP contribution in [0, 0.1) is 0 Å². The summed E-state index contributed by atoms with van der Waals surface area (Å²) in [5, 5.41) is 0. The van der Waals surface area contributed by atoms with Crippen molar-refractivity contribution in [3.05, 3.63) is 71.8 Å². The molecule has 2 aromatic carbocycles. The summed E-state index contributed by atoms with van der Waals surface area (Å²) in [6.07, 6.45) is 3.24. The first-order valence-corrected chi connectivity index (χ1v) is 8.04. The molecule has 116 valence electrons. The summed E-state index contributed by atoms with van der Waals surface area (Å²) in [6.45, 7) is 4.03. The molecule has 2 atom stereocenters. The molecule has 3 rings (SSSR count). The number of hydrogen-bond acceptors (Lipinski definition) is 2. The summed E-state index contributed by atoms with van der Waals surface area (Å²) < 4.78 is 12.2. The number of rotatable bonds is 4. The largest absolute Gasteiger partial charge is 0.347 e. The van der Waals surface area contributed by atoms with Gasteiger partial charge in [-0.05, 0) is 37.8 Å². The first kappa shape index (κ1) is 15.3. The average Bonchev–Trinajstić information content (AvgIpc) is 2.47. The highest BCUT2D eigenvalue weighted by molar-refractivity contribution is 5.17. The van der Waals surface area contributed by atoms with Crippen molar-refractivity contribution in [1.29, 1.82) is 0 Å². The second-order valence-corrected chi connectivity index (χ2v) is 6.49. The lowest BCUT2D eigenvalue weighted by Gasteiger charge is -2.41. The lowest BCUT2D eigenvalue weighted by atomic mass is 9.97. The summed E-state index contributed by atoms with van der Waals surface area (Å²) in [5.41, 5.74) is 2.65. The minimum absolute atomic E-state index is 0.208. The maximum atomic E-state index is 6.12. The molecule has 0 spiro atoms. The third kappa shape index (κ3) is 4.19. The van der Waals surface area contributed by atoms with Crippen LogP contribution in [0.5, 0.6) is 0 Å². The molecule has 0 bridgehead atoms. The predicted molar refractivity (Wildman–Crippen MR) is 88.7 cm³/mol. The Morgan fingerprint density at radius 1 is 0.773 bits per heavy atom. The first-order valence-electron chi connectivity index (χ1n) is 8.04. The smallest absolute Gasteiger partial charge is 0.163 e. The van der Waals surface area contributed by atoms with Crippen LogP contribution >= 0.6 is 0 Å². The summed E-state index contributed by atoms with van der Waals surface area (Å²) >= 11 is 0. The first-order chi connectivity index (χ1) is 10.6. The van der Waals surface area contributed by atoms with Crippen LogP contribution in [0.3, 0.4) is 0 Å². The molecule has 0 aromatic heterocycles. The normalized spacial score (nSPS) is 24.1. The predicted octanol–water partition coefficient (Wildman–Crippen LogP) is 4.38. The van der Waals surface area contributed by atoms with E-state index in [1.54, 1.807) is 0 Å². The van der Waals surface area contributed by atoms with E-state index in [9.17, 15) is 0 Å². The van der Waals surface area contributed by atoms with Crippen LogP contribution < -0.4 is 0 Å². The molecule has 2 heteroatoms. The zero-order chi connectivity index (χ0) is 15.4. The molecule has 1 aliphatic heterocycles. The highest BCUT2D eigenvalue weighted by Crippen LogP contribution is 2.30. The molecule has 1 fully saturated rings. The van der Waals surface area contributed by atoms with Gasteiger partial charge in [0.05, 0.1) is 12.2 Å². The molecule has 0 aliphatic carbocycles. The van der Waals surface area contributed by atoms with Gasteiger partial charge in [0.15, 0.2) is 5.79 Å². The molecule has 22 heavy (non-hydrogen) atoms. The molecule has 0 amide bonds. The second-order valence-electron chi connectivity index (χ2n) is 6.49. The third-order valence-corrected chi connectivity index (χ3v) is 4.04. The van der Waals surface area contributed by atoms with Crippen LogP contribution in [0.4, 0.5) is 0 Å². The maximum Gasteiger partial charge on any atom is 0.163 e. The van der Waals surface area contributed by atoms with Crippen LogP contribution in [0.25, 0.3) is 0 Å². The van der Waals surface area contributed by atoms with Crippen molar-refractivity contribution < 1.29 is 9.47 Å². The molecule has 0 saturated carbocycles. The monoisotopic (exact) mass is 296 g/mol. The van der Waals surface area contributed by atoms with Gasteiger partial charge in [-0.1, -0.05) is 60.7 Å². The van der Waals surface area contributed by atoms with Gasteiger partial charge >= 0.3 is 0 Å². The molecule has 1 heterocycles. The van der Waals surface area contributed by atoms with Crippen LogP contribution in [0.15, 0.2) is 60.7 Å². The molecule has 1 saturated heterocycles. The highest BCUT2D eigenvalue weighted by atomic mass is 16.7. The summed E-state index contributed by atoms with van der Waals surface area (Å²) in [5.74, 6) is -0.517. The average molecular weight is 296 g/mol. The van der Waals surface area contributed by atoms with Crippen LogP contribution in [-0.2, 0) is 22.3 Å². The van der Waals surface area contributed by atoms with Crippen LogP contribution in [0.1, 0.15) is 31.4 Å². The second kappa shape index (κ2) is 6.64. The third-order valence-electron chi connectivity index (χ3n) is 4.04. The lowest BCUT2D eigenvalue weighted by molar-refractivity contribution is -0.298. The van der Waals surface area contributed by atoms with Gasteiger partial charge < -0.3 is 9.47 Å². The minimum Gasteiger partial charge on any atom is -0.347 e. The Labute approximate surface area is 133 Å². The van der Waals surface area contributed by atoms with Crippen molar-refractivity contribution in [2.24, 2.45) is 0 Å². The van der Waals surface area contributed by atoms with Gasteiger partial charge in [-0.3, -0.25) is 0 Å². The molecule has 0 N–H and O–H groups in total. The van der Waals surface area contributed by atoms with Crippen LogP contribution in [0.2, 0.25) is 0 Å². The van der Waals surface area contributed by atoms with Crippen molar-refractivity contribution >= 4 is 0 Å². The van der Waals surface area contributed by atoms with E-state index in [4.69, 9.17) is 9.47 Å². The standard InChI is InChI=1S/C20H24O2/c1-20(2)21-18(13-16-9-5-3-6-10-16)15-19(22-20)14-17-11-7-4-8-12-17/h3-12,18-19H,13-15H2,1-2H3/t18-,19-/m0/s1. The summed E-state index contributed by atoms with van der Waals surface area (Å²) in [4.78, 5) is 0. The number of ether oxygens (including phenoxy) is 2. The molecule has 0 radical (unpaired) electrons. The fourth-order valence-corrected chi connectivity index (χ4v) is 3.22. The molecule has 1 aliphatic rings. The molecular formula is C20H24O2. The zero-order valence-electron chi connectivity index (χ0n) is 13.4. The molecule has 2 aromatic rings. The van der Waals surface area contributed by atoms with Gasteiger partial charge in [-0.15, -0.1) is 0 Å². The zero-order valence-corrected chi connectivity index (χ0v) is 13.4. The van der Waals surface area contributed by atoms with Gasteiger partial charge in [0.25, 0.3) is 0 Å². The summed E-state index contributed by atoms with van der Waals surface area (Å²) in [7, 11) is 0. The van der Waals surface area contributed by atoms with E-state index in [2.05, 4.69) is 60.7 Å². The number of hydrogen-bond donors (Lipinski definition) is 0. The van der Waals surface area contributed by atoms with Crippen molar-refractivity contribution in [1.82, 2.24) is 0 Å². The Bertz CT molecular complexity index is 526. The van der Waals surface area contributed by atoms with Crippen molar-refractivity contribution in [3.63, 3.8) is 0 Å². The SMILES string of the molecule is CC1(C)O[C@@H](Cc2ccccc2)C[C@H](Cc2ccccc2)O1. The van der Waals surface area contributed by atoms with Gasteiger partial charge in [-0.2, -0.15) is 0 Å². The summed E-state index contributed by atoms with van der Waals surface area (Å²) in [6, 6.07) is 21.1. The number of benzene rings is 2. The van der Waals surface area contributed by atoms with E-state index < -0.39 is 5.79 Å². The van der Waals surface area contributed by atoms with E-state index >= 15 is 0 Å². The minimum atomic E-state index is -0.517. The van der Waals surface area contributed by atoms with Gasteiger partial charge in [0.1, 0.15) is 0 Å². The molecular weight excluding hydrogens is 272 g/mol. The van der Waals surface area contributed by atoms with Gasteiger partial charge in [-0.25, -0.2) is 0 Å². The fraction of sp³-hybridized carbons (Fsp3) is 0.400. The van der Waals surface area contributed by atoms with Gasteiger partial charge in [0, 0.05) is 6.42 Å². The van der Waals surface area contributed by atoms with Gasteiger partial charge in [0.2, 0.25) is 0 Å². The molecule has 2 nitrogen and oxygen atoms in total.